The van der Waals surface area contributed by atoms with Crippen molar-refractivity contribution in [2.45, 2.75) is 0 Å². The summed E-state index contributed by atoms with van der Waals surface area (Å²) in [5.74, 6) is -0.838. The molecule has 3 N–H and O–H groups in total. The average Bonchev–Trinajstić information content (AvgIpc) is 2.72. The number of phenols is 1. The van der Waals surface area contributed by atoms with E-state index in [1.165, 1.54) is 12.3 Å². The van der Waals surface area contributed by atoms with Gasteiger partial charge < -0.3 is 10.2 Å². The van der Waals surface area contributed by atoms with Crippen LogP contribution in [-0.4, -0.2) is 46.3 Å². The third kappa shape index (κ3) is 3.30. The first kappa shape index (κ1) is 18.9. The summed E-state index contributed by atoms with van der Waals surface area (Å²) >= 11 is 5.93. The number of imide groups is 1. The third-order valence-electron chi connectivity index (χ3n) is 4.69. The van der Waals surface area contributed by atoms with Crippen LogP contribution in [0.5, 0.6) is 5.75 Å². The summed E-state index contributed by atoms with van der Waals surface area (Å²) in [6.45, 7) is -0.353. The van der Waals surface area contributed by atoms with Gasteiger partial charge in [-0.15, -0.1) is 0 Å². The molecule has 3 aromatic carbocycles. The van der Waals surface area contributed by atoms with Crippen LogP contribution in [-0.2, 0) is 0 Å². The van der Waals surface area contributed by atoms with Crippen molar-refractivity contribution in [2.75, 3.05) is 18.6 Å². The van der Waals surface area contributed by atoms with Crippen LogP contribution in [0.25, 0.3) is 10.8 Å². The predicted octanol–water partition coefficient (Wildman–Crippen LogP) is 3.23. The van der Waals surface area contributed by atoms with E-state index in [0.717, 1.165) is 4.90 Å². The van der Waals surface area contributed by atoms with Crippen LogP contribution in [0.3, 0.4) is 0 Å². The number of halogens is 1. The van der Waals surface area contributed by atoms with Crippen molar-refractivity contribution in [3.63, 3.8) is 0 Å². The molecule has 0 spiro atoms. The Labute approximate surface area is 170 Å². The lowest BCUT2D eigenvalue weighted by atomic mass is 9.93. The van der Waals surface area contributed by atoms with Crippen LogP contribution >= 0.6 is 11.6 Å². The predicted molar refractivity (Wildman–Crippen MR) is 111 cm³/mol. The molecule has 0 saturated carbocycles. The Morgan fingerprint density at radius 1 is 1.07 bits per heavy atom. The van der Waals surface area contributed by atoms with Gasteiger partial charge in [0, 0.05) is 32.5 Å². The number of hydrogen-bond donors (Lipinski definition) is 3. The number of rotatable bonds is 5. The summed E-state index contributed by atoms with van der Waals surface area (Å²) in [4.78, 5) is 26.4. The molecular weight excluding hydrogens is 394 g/mol. The topological polar surface area (TPSA) is 102 Å². The highest BCUT2D eigenvalue weighted by Gasteiger charge is 2.32. The molecule has 8 heteroatoms. The maximum absolute atomic E-state index is 12.7. The van der Waals surface area contributed by atoms with E-state index in [0.29, 0.717) is 38.2 Å². The average molecular weight is 410 g/mol. The van der Waals surface area contributed by atoms with Gasteiger partial charge in [-0.25, -0.2) is 0 Å². The molecular formula is C21H16ClN3O4. The van der Waals surface area contributed by atoms with E-state index in [1.807, 2.05) is 0 Å². The quantitative estimate of drug-likeness (QED) is 0.341. The summed E-state index contributed by atoms with van der Waals surface area (Å²) in [5.41, 5.74) is 4.72. The Morgan fingerprint density at radius 2 is 1.83 bits per heavy atom. The molecule has 1 aliphatic rings. The number of aliphatic hydroxyl groups excluding tert-OH is 1. The second-order valence-corrected chi connectivity index (χ2v) is 6.88. The Morgan fingerprint density at radius 3 is 2.59 bits per heavy atom. The first-order chi connectivity index (χ1) is 14.0. The molecule has 1 heterocycles. The fourth-order valence-electron chi connectivity index (χ4n) is 3.35. The zero-order valence-electron chi connectivity index (χ0n) is 15.1. The molecule has 0 fully saturated rings. The standard InChI is InChI=1S/C21H16ClN3O4/c22-13-4-7-18(27)12(10-13)11-23-24-17-6-5-16-19-14(17)2-1-3-15(19)20(28)25(8-9-26)21(16)29/h1-7,10-11,24,26-27H,8-9H2/b23-11+. The van der Waals surface area contributed by atoms with Crippen LogP contribution in [0.1, 0.15) is 26.3 Å². The lowest BCUT2D eigenvalue weighted by Gasteiger charge is -2.27. The summed E-state index contributed by atoms with van der Waals surface area (Å²) in [7, 11) is 0. The number of aromatic hydroxyl groups is 1. The van der Waals surface area contributed by atoms with Crippen LogP contribution in [0, 0.1) is 0 Å². The molecule has 2 amide bonds. The van der Waals surface area contributed by atoms with Crippen molar-refractivity contribution in [3.8, 4) is 5.75 Å². The van der Waals surface area contributed by atoms with E-state index < -0.39 is 11.8 Å². The molecule has 0 aliphatic carbocycles. The molecule has 0 saturated heterocycles. The number of amides is 2. The first-order valence-electron chi connectivity index (χ1n) is 8.81. The summed E-state index contributed by atoms with van der Waals surface area (Å²) in [6, 6.07) is 13.1. The largest absolute Gasteiger partial charge is 0.507 e. The van der Waals surface area contributed by atoms with Crippen LogP contribution in [0.4, 0.5) is 5.69 Å². The minimum atomic E-state index is -0.438. The summed E-state index contributed by atoms with van der Waals surface area (Å²) in [6.07, 6.45) is 1.43. The molecule has 1 aliphatic heterocycles. The fourth-order valence-corrected chi connectivity index (χ4v) is 3.53. The van der Waals surface area contributed by atoms with E-state index in [1.54, 1.807) is 42.5 Å². The van der Waals surface area contributed by atoms with E-state index in [-0.39, 0.29) is 18.9 Å². The lowest BCUT2D eigenvalue weighted by Crippen LogP contribution is -2.41. The van der Waals surface area contributed by atoms with Crippen LogP contribution < -0.4 is 5.43 Å². The highest BCUT2D eigenvalue weighted by molar-refractivity contribution is 6.31. The highest BCUT2D eigenvalue weighted by Crippen LogP contribution is 2.34. The minimum absolute atomic E-state index is 0.0389. The van der Waals surface area contributed by atoms with Crippen molar-refractivity contribution < 1.29 is 19.8 Å². The van der Waals surface area contributed by atoms with Crippen LogP contribution in [0.15, 0.2) is 53.6 Å². The number of carbonyl (C=O) groups excluding carboxylic acids is 2. The van der Waals surface area contributed by atoms with Crippen molar-refractivity contribution in [3.05, 3.63) is 70.2 Å². The number of carbonyl (C=O) groups is 2. The molecule has 4 rings (SSSR count). The third-order valence-corrected chi connectivity index (χ3v) is 4.93. The second kappa shape index (κ2) is 7.54. The van der Waals surface area contributed by atoms with Crippen molar-refractivity contribution >= 4 is 46.1 Å². The van der Waals surface area contributed by atoms with Crippen molar-refractivity contribution in [1.82, 2.24) is 4.90 Å². The van der Waals surface area contributed by atoms with Gasteiger partial charge in [0.2, 0.25) is 0 Å². The summed E-state index contributed by atoms with van der Waals surface area (Å²) < 4.78 is 0. The van der Waals surface area contributed by atoms with Crippen molar-refractivity contribution in [2.24, 2.45) is 5.10 Å². The molecule has 0 aromatic heterocycles. The molecule has 3 aromatic rings. The lowest BCUT2D eigenvalue weighted by molar-refractivity contribution is 0.0580. The number of hydrazone groups is 1. The van der Waals surface area contributed by atoms with Gasteiger partial charge in [0.05, 0.1) is 25.1 Å². The van der Waals surface area contributed by atoms with Crippen molar-refractivity contribution in [1.29, 1.82) is 0 Å². The number of nitrogens with zero attached hydrogens (tertiary/aromatic N) is 2. The van der Waals surface area contributed by atoms with Gasteiger partial charge in [0.15, 0.2) is 0 Å². The van der Waals surface area contributed by atoms with E-state index in [2.05, 4.69) is 10.5 Å². The maximum atomic E-state index is 12.7. The zero-order chi connectivity index (χ0) is 20.5. The second-order valence-electron chi connectivity index (χ2n) is 6.45. The molecule has 7 nitrogen and oxygen atoms in total. The molecule has 0 radical (unpaired) electrons. The number of nitrogens with one attached hydrogen (secondary N) is 1. The number of anilines is 1. The number of aliphatic hydroxyl groups is 1. The van der Waals surface area contributed by atoms with E-state index in [4.69, 9.17) is 16.7 Å². The number of β-amino-alcohol motifs (C(OH)–C–C–N with tert-alkyl or cyclic N) is 1. The first-order valence-corrected chi connectivity index (χ1v) is 9.19. The molecule has 146 valence electrons. The van der Waals surface area contributed by atoms with Crippen LogP contribution in [0.2, 0.25) is 5.02 Å². The van der Waals surface area contributed by atoms with Gasteiger partial charge in [-0.3, -0.25) is 19.9 Å². The Hall–Kier alpha value is -3.42. The Kier molecular flexibility index (Phi) is 4.92. The van der Waals surface area contributed by atoms with E-state index >= 15 is 0 Å². The van der Waals surface area contributed by atoms with Gasteiger partial charge in [0.1, 0.15) is 5.75 Å². The van der Waals surface area contributed by atoms with Gasteiger partial charge in [0.25, 0.3) is 11.8 Å². The minimum Gasteiger partial charge on any atom is -0.507 e. The molecule has 29 heavy (non-hydrogen) atoms. The zero-order valence-corrected chi connectivity index (χ0v) is 15.8. The Bertz CT molecular complexity index is 1150. The normalized spacial score (nSPS) is 13.5. The van der Waals surface area contributed by atoms with Gasteiger partial charge in [-0.1, -0.05) is 23.7 Å². The molecule has 0 bridgehead atoms. The maximum Gasteiger partial charge on any atom is 0.261 e. The number of benzene rings is 3. The molecule has 0 unspecified atom stereocenters. The number of phenolic OH excluding ortho intramolecular Hbond substituents is 1. The number of hydrogen-bond acceptors (Lipinski definition) is 6. The highest BCUT2D eigenvalue weighted by atomic mass is 35.5. The van der Waals surface area contributed by atoms with Gasteiger partial charge in [-0.2, -0.15) is 5.10 Å². The smallest absolute Gasteiger partial charge is 0.261 e. The fraction of sp³-hybridized carbons (Fsp3) is 0.0952. The monoisotopic (exact) mass is 409 g/mol. The Balaban J connectivity index is 1.73. The summed E-state index contributed by atoms with van der Waals surface area (Å²) in [5, 5.41) is 24.9. The van der Waals surface area contributed by atoms with Gasteiger partial charge >= 0.3 is 0 Å². The van der Waals surface area contributed by atoms with Gasteiger partial charge in [-0.05, 0) is 36.4 Å². The molecule has 0 atom stereocenters. The van der Waals surface area contributed by atoms with E-state index in [9.17, 15) is 14.7 Å². The SMILES string of the molecule is O=C1c2cccc3c(N/N=C/c4cc(Cl)ccc4O)ccc(c23)C(=O)N1CCO.